The lowest BCUT2D eigenvalue weighted by atomic mass is 9.78. The summed E-state index contributed by atoms with van der Waals surface area (Å²) in [6, 6.07) is 2.11. The Bertz CT molecular complexity index is 974. The van der Waals surface area contributed by atoms with Gasteiger partial charge < -0.3 is 24.8 Å². The van der Waals surface area contributed by atoms with Gasteiger partial charge in [0.15, 0.2) is 5.82 Å². The number of anilines is 2. The molecule has 0 radical (unpaired) electrons. The van der Waals surface area contributed by atoms with Gasteiger partial charge >= 0.3 is 0 Å². The van der Waals surface area contributed by atoms with E-state index in [4.69, 9.17) is 31.0 Å². The third-order valence-corrected chi connectivity index (χ3v) is 8.21. The molecule has 3 aliphatic rings. The van der Waals surface area contributed by atoms with E-state index in [0.29, 0.717) is 35.2 Å². The highest BCUT2D eigenvalue weighted by Crippen LogP contribution is 2.41. The summed E-state index contributed by atoms with van der Waals surface area (Å²) in [5.74, 6) is 1.43. The standard InChI is InChI=1S/C22H28ClN5O3S/c1-14-21(32-17-2-6-24-19(18(17)23)26-15-11-31-12-15)27-16(10-29)20(25-14)28-7-3-22(4-8-28)5-9-30-13-22/h2,6,15,29H,3-5,7-13H2,1H3,(H,24,26). The molecule has 5 rings (SSSR count). The molecule has 1 spiro atoms. The summed E-state index contributed by atoms with van der Waals surface area (Å²) < 4.78 is 10.9. The highest BCUT2D eigenvalue weighted by molar-refractivity contribution is 7.99. The second-order valence-corrected chi connectivity index (χ2v) is 10.2. The summed E-state index contributed by atoms with van der Waals surface area (Å²) in [5.41, 5.74) is 1.75. The summed E-state index contributed by atoms with van der Waals surface area (Å²) in [6.45, 7) is 6.68. The van der Waals surface area contributed by atoms with Crippen molar-refractivity contribution < 1.29 is 14.6 Å². The van der Waals surface area contributed by atoms with Crippen molar-refractivity contribution in [2.24, 2.45) is 5.41 Å². The van der Waals surface area contributed by atoms with E-state index < -0.39 is 0 Å². The summed E-state index contributed by atoms with van der Waals surface area (Å²) in [4.78, 5) is 17.1. The van der Waals surface area contributed by atoms with Crippen LogP contribution in [0.15, 0.2) is 22.2 Å². The predicted octanol–water partition coefficient (Wildman–Crippen LogP) is 3.29. The molecule has 2 aromatic rings. The molecule has 8 nitrogen and oxygen atoms in total. The van der Waals surface area contributed by atoms with E-state index >= 15 is 0 Å². The van der Waals surface area contributed by atoms with Crippen LogP contribution in [0.25, 0.3) is 0 Å². The SMILES string of the molecule is Cc1nc(N2CCC3(CCOC3)CC2)c(CO)nc1Sc1ccnc(NC2COC2)c1Cl. The van der Waals surface area contributed by atoms with Crippen LogP contribution in [0.5, 0.6) is 0 Å². The molecule has 0 atom stereocenters. The Morgan fingerprint density at radius 2 is 2.06 bits per heavy atom. The fourth-order valence-electron chi connectivity index (χ4n) is 4.44. The smallest absolute Gasteiger partial charge is 0.153 e. The Kier molecular flexibility index (Phi) is 6.44. The molecular weight excluding hydrogens is 450 g/mol. The van der Waals surface area contributed by atoms with Crippen LogP contribution < -0.4 is 10.2 Å². The zero-order chi connectivity index (χ0) is 22.1. The Labute approximate surface area is 197 Å². The highest BCUT2D eigenvalue weighted by atomic mass is 35.5. The molecular formula is C22H28ClN5O3S. The van der Waals surface area contributed by atoms with Crippen molar-refractivity contribution in [3.63, 3.8) is 0 Å². The van der Waals surface area contributed by atoms with Crippen LogP contribution >= 0.6 is 23.4 Å². The molecule has 32 heavy (non-hydrogen) atoms. The quantitative estimate of drug-likeness (QED) is 0.649. The number of nitrogens with one attached hydrogen (secondary N) is 1. The van der Waals surface area contributed by atoms with Gasteiger partial charge in [-0.1, -0.05) is 23.4 Å². The summed E-state index contributed by atoms with van der Waals surface area (Å²) in [6.07, 6.45) is 5.05. The van der Waals surface area contributed by atoms with Crippen LogP contribution in [0, 0.1) is 12.3 Å². The summed E-state index contributed by atoms with van der Waals surface area (Å²) >= 11 is 8.06. The predicted molar refractivity (Wildman–Crippen MR) is 124 cm³/mol. The molecule has 0 aliphatic carbocycles. The molecule has 3 saturated heterocycles. The van der Waals surface area contributed by atoms with Gasteiger partial charge in [0.05, 0.1) is 43.2 Å². The molecule has 5 heterocycles. The number of aliphatic hydroxyl groups is 1. The van der Waals surface area contributed by atoms with Crippen LogP contribution in [0.4, 0.5) is 11.6 Å². The van der Waals surface area contributed by atoms with Crippen molar-refractivity contribution in [3.8, 4) is 0 Å². The van der Waals surface area contributed by atoms with E-state index in [1.807, 2.05) is 13.0 Å². The first-order valence-corrected chi connectivity index (χ1v) is 12.2. The number of aromatic nitrogens is 3. The molecule has 0 amide bonds. The maximum absolute atomic E-state index is 10.1. The van der Waals surface area contributed by atoms with Gasteiger partial charge in [-0.05, 0) is 37.7 Å². The van der Waals surface area contributed by atoms with Crippen molar-refractivity contribution in [1.82, 2.24) is 15.0 Å². The Hall–Kier alpha value is -1.65. The second-order valence-electron chi connectivity index (χ2n) is 8.78. The third kappa shape index (κ3) is 4.41. The minimum absolute atomic E-state index is 0.153. The van der Waals surface area contributed by atoms with E-state index in [9.17, 15) is 5.11 Å². The van der Waals surface area contributed by atoms with Gasteiger partial charge in [-0.15, -0.1) is 0 Å². The van der Waals surface area contributed by atoms with E-state index in [1.165, 1.54) is 11.8 Å². The van der Waals surface area contributed by atoms with Crippen molar-refractivity contribution in [2.45, 2.75) is 48.8 Å². The van der Waals surface area contributed by atoms with Gasteiger partial charge in [0.25, 0.3) is 0 Å². The van der Waals surface area contributed by atoms with Gasteiger partial charge in [0, 0.05) is 30.8 Å². The Morgan fingerprint density at radius 1 is 1.25 bits per heavy atom. The molecule has 0 saturated carbocycles. The second kappa shape index (κ2) is 9.30. The topological polar surface area (TPSA) is 92.6 Å². The van der Waals surface area contributed by atoms with Crippen LogP contribution in [0.3, 0.4) is 0 Å². The maximum Gasteiger partial charge on any atom is 0.153 e. The molecule has 0 aromatic carbocycles. The normalized spacial score (nSPS) is 20.5. The van der Waals surface area contributed by atoms with Crippen LogP contribution in [-0.4, -0.2) is 65.6 Å². The summed E-state index contributed by atoms with van der Waals surface area (Å²) in [5, 5.41) is 14.7. The van der Waals surface area contributed by atoms with Crippen LogP contribution in [0.2, 0.25) is 5.02 Å². The zero-order valence-corrected chi connectivity index (χ0v) is 19.7. The van der Waals surface area contributed by atoms with Gasteiger partial charge in [-0.3, -0.25) is 0 Å². The van der Waals surface area contributed by atoms with E-state index in [0.717, 1.165) is 67.0 Å². The fraction of sp³-hybridized carbons (Fsp3) is 0.591. The minimum Gasteiger partial charge on any atom is -0.390 e. The van der Waals surface area contributed by atoms with Crippen LogP contribution in [-0.2, 0) is 16.1 Å². The molecule has 10 heteroatoms. The first kappa shape index (κ1) is 22.2. The Balaban J connectivity index is 1.34. The molecule has 172 valence electrons. The highest BCUT2D eigenvalue weighted by Gasteiger charge is 2.38. The molecule has 3 fully saturated rings. The molecule has 2 N–H and O–H groups in total. The zero-order valence-electron chi connectivity index (χ0n) is 18.1. The van der Waals surface area contributed by atoms with Crippen molar-refractivity contribution in [2.75, 3.05) is 49.7 Å². The van der Waals surface area contributed by atoms with Gasteiger partial charge in [0.2, 0.25) is 0 Å². The fourth-order valence-corrected chi connectivity index (χ4v) is 5.59. The lowest BCUT2D eigenvalue weighted by Crippen LogP contribution is -2.41. The number of aryl methyl sites for hydroxylation is 1. The lowest BCUT2D eigenvalue weighted by Gasteiger charge is -2.39. The number of hydrogen-bond acceptors (Lipinski definition) is 9. The summed E-state index contributed by atoms with van der Waals surface area (Å²) in [7, 11) is 0. The number of pyridine rings is 1. The van der Waals surface area contributed by atoms with Crippen LogP contribution in [0.1, 0.15) is 30.7 Å². The molecule has 0 bridgehead atoms. The molecule has 2 aromatic heterocycles. The minimum atomic E-state index is -0.153. The largest absolute Gasteiger partial charge is 0.390 e. The number of rotatable bonds is 6. The van der Waals surface area contributed by atoms with E-state index in [-0.39, 0.29) is 12.6 Å². The maximum atomic E-state index is 10.1. The number of halogens is 1. The number of nitrogens with zero attached hydrogens (tertiary/aromatic N) is 4. The number of aliphatic hydroxyl groups excluding tert-OH is 1. The van der Waals surface area contributed by atoms with Gasteiger partial charge in [-0.2, -0.15) is 0 Å². The number of hydrogen-bond donors (Lipinski definition) is 2. The van der Waals surface area contributed by atoms with Crippen molar-refractivity contribution in [1.29, 1.82) is 0 Å². The first-order chi connectivity index (χ1) is 15.6. The molecule has 0 unspecified atom stereocenters. The third-order valence-electron chi connectivity index (χ3n) is 6.58. The van der Waals surface area contributed by atoms with Gasteiger partial charge in [0.1, 0.15) is 16.5 Å². The van der Waals surface area contributed by atoms with E-state index in [1.54, 1.807) is 6.20 Å². The number of piperidine rings is 1. The van der Waals surface area contributed by atoms with Gasteiger partial charge in [-0.25, -0.2) is 15.0 Å². The average Bonchev–Trinajstić information content (AvgIpc) is 3.22. The lowest BCUT2D eigenvalue weighted by molar-refractivity contribution is 0.0209. The van der Waals surface area contributed by atoms with E-state index in [2.05, 4.69) is 15.2 Å². The molecule has 3 aliphatic heterocycles. The Morgan fingerprint density at radius 3 is 2.72 bits per heavy atom. The monoisotopic (exact) mass is 477 g/mol. The van der Waals surface area contributed by atoms with Crippen molar-refractivity contribution in [3.05, 3.63) is 28.7 Å². The first-order valence-electron chi connectivity index (χ1n) is 11.0. The van der Waals surface area contributed by atoms with Crippen molar-refractivity contribution >= 4 is 35.0 Å². The number of ether oxygens (including phenoxy) is 2. The average molecular weight is 478 g/mol.